The molecule has 28 heavy (non-hydrogen) atoms. The summed E-state index contributed by atoms with van der Waals surface area (Å²) in [5.41, 5.74) is 1.73. The van der Waals surface area contributed by atoms with Crippen molar-refractivity contribution in [2.24, 2.45) is 0 Å². The summed E-state index contributed by atoms with van der Waals surface area (Å²) >= 11 is 1.52. The summed E-state index contributed by atoms with van der Waals surface area (Å²) in [5, 5.41) is 8.97. The van der Waals surface area contributed by atoms with Crippen LogP contribution in [0.3, 0.4) is 0 Å². The molecule has 2 aromatic carbocycles. The van der Waals surface area contributed by atoms with E-state index in [1.165, 1.54) is 11.8 Å². The lowest BCUT2D eigenvalue weighted by molar-refractivity contribution is -0.149. The Bertz CT molecular complexity index is 932. The molecule has 1 aliphatic heterocycles. The van der Waals surface area contributed by atoms with Gasteiger partial charge in [-0.1, -0.05) is 24.3 Å². The lowest BCUT2D eigenvalue weighted by Gasteiger charge is -2.24. The van der Waals surface area contributed by atoms with Crippen LogP contribution < -0.4 is 0 Å². The van der Waals surface area contributed by atoms with Gasteiger partial charge in [0.25, 0.3) is 11.8 Å². The van der Waals surface area contributed by atoms with Gasteiger partial charge < -0.3 is 4.74 Å². The van der Waals surface area contributed by atoms with Crippen LogP contribution in [0, 0.1) is 11.3 Å². The highest BCUT2D eigenvalue weighted by molar-refractivity contribution is 7.98. The summed E-state index contributed by atoms with van der Waals surface area (Å²) in [6, 6.07) is 14.3. The standard InChI is InChI=1S/C21H18N2O4S/c1-28-10-9-18(21(26)27-13-15-6-4-5-14(11-15)12-22)23-19(24)16-7-2-3-8-17(16)20(23)25/h2-8,11,18H,9-10,13H2,1H3/t18-/m1/s1. The Labute approximate surface area is 167 Å². The Morgan fingerprint density at radius 3 is 2.43 bits per heavy atom. The normalized spacial score (nSPS) is 13.8. The van der Waals surface area contributed by atoms with Gasteiger partial charge in [-0.25, -0.2) is 4.79 Å². The number of benzene rings is 2. The van der Waals surface area contributed by atoms with Gasteiger partial charge in [-0.05, 0) is 48.3 Å². The van der Waals surface area contributed by atoms with E-state index in [1.54, 1.807) is 48.5 Å². The quantitative estimate of drug-likeness (QED) is 0.530. The maximum atomic E-state index is 12.8. The van der Waals surface area contributed by atoms with Crippen LogP contribution in [0.4, 0.5) is 0 Å². The molecule has 0 N–H and O–H groups in total. The van der Waals surface area contributed by atoms with Gasteiger partial charge in [0.05, 0.1) is 22.8 Å². The maximum absolute atomic E-state index is 12.8. The number of carbonyl (C=O) groups excluding carboxylic acids is 3. The van der Waals surface area contributed by atoms with E-state index < -0.39 is 23.8 Å². The fourth-order valence-electron chi connectivity index (χ4n) is 3.05. The Balaban J connectivity index is 1.78. The topological polar surface area (TPSA) is 87.5 Å². The molecule has 1 heterocycles. The molecule has 0 saturated carbocycles. The number of carbonyl (C=O) groups is 3. The molecule has 0 bridgehead atoms. The molecule has 7 heteroatoms. The molecule has 142 valence electrons. The van der Waals surface area contributed by atoms with Crippen molar-refractivity contribution < 1.29 is 19.1 Å². The zero-order valence-electron chi connectivity index (χ0n) is 15.3. The highest BCUT2D eigenvalue weighted by atomic mass is 32.2. The average Bonchev–Trinajstić information content (AvgIpc) is 2.98. The number of rotatable bonds is 7. The van der Waals surface area contributed by atoms with E-state index in [2.05, 4.69) is 0 Å². The third kappa shape index (κ3) is 3.92. The van der Waals surface area contributed by atoms with Crippen molar-refractivity contribution in [2.45, 2.75) is 19.1 Å². The van der Waals surface area contributed by atoms with Gasteiger partial charge >= 0.3 is 5.97 Å². The number of hydrogen-bond donors (Lipinski definition) is 0. The van der Waals surface area contributed by atoms with Crippen molar-refractivity contribution in [1.82, 2.24) is 4.90 Å². The Hall–Kier alpha value is -3.11. The predicted molar refractivity (Wildman–Crippen MR) is 105 cm³/mol. The fraction of sp³-hybridized carbons (Fsp3) is 0.238. The number of amides is 2. The molecule has 1 atom stereocenters. The molecule has 3 rings (SSSR count). The minimum absolute atomic E-state index is 0.0344. The van der Waals surface area contributed by atoms with Gasteiger partial charge in [0.15, 0.2) is 0 Å². The fourth-order valence-corrected chi connectivity index (χ4v) is 3.51. The molecule has 0 aromatic heterocycles. The Kier molecular flexibility index (Phi) is 6.12. The SMILES string of the molecule is CSCC[C@H](C(=O)OCc1cccc(C#N)c1)N1C(=O)c2ccccc2C1=O. The second kappa shape index (κ2) is 8.72. The molecule has 0 spiro atoms. The number of thioether (sulfide) groups is 1. The van der Waals surface area contributed by atoms with Gasteiger partial charge in [-0.2, -0.15) is 17.0 Å². The van der Waals surface area contributed by atoms with Crippen LogP contribution in [0.1, 0.15) is 38.3 Å². The second-order valence-corrected chi connectivity index (χ2v) is 7.23. The van der Waals surface area contributed by atoms with Crippen LogP contribution in [0.15, 0.2) is 48.5 Å². The van der Waals surface area contributed by atoms with E-state index in [0.29, 0.717) is 34.4 Å². The van der Waals surface area contributed by atoms with Crippen LogP contribution in [-0.4, -0.2) is 40.7 Å². The molecule has 0 radical (unpaired) electrons. The zero-order valence-corrected chi connectivity index (χ0v) is 16.1. The molecule has 2 aromatic rings. The molecular weight excluding hydrogens is 376 g/mol. The first-order valence-electron chi connectivity index (χ1n) is 8.68. The van der Waals surface area contributed by atoms with Crippen molar-refractivity contribution in [1.29, 1.82) is 5.26 Å². The molecule has 0 fully saturated rings. The number of nitrogens with zero attached hydrogens (tertiary/aromatic N) is 2. The van der Waals surface area contributed by atoms with Gasteiger partial charge in [-0.15, -0.1) is 0 Å². The highest BCUT2D eigenvalue weighted by Crippen LogP contribution is 2.26. The third-order valence-corrected chi connectivity index (χ3v) is 5.09. The number of ether oxygens (including phenoxy) is 1. The summed E-state index contributed by atoms with van der Waals surface area (Å²) in [6.45, 7) is -0.0344. The zero-order chi connectivity index (χ0) is 20.1. The summed E-state index contributed by atoms with van der Waals surface area (Å²) in [4.78, 5) is 39.2. The first-order valence-corrected chi connectivity index (χ1v) is 10.1. The summed E-state index contributed by atoms with van der Waals surface area (Å²) < 4.78 is 5.39. The molecule has 2 amide bonds. The van der Waals surface area contributed by atoms with Crippen LogP contribution in [0.25, 0.3) is 0 Å². The average molecular weight is 394 g/mol. The lowest BCUT2D eigenvalue weighted by atomic mass is 10.1. The monoisotopic (exact) mass is 394 g/mol. The Morgan fingerprint density at radius 2 is 1.82 bits per heavy atom. The van der Waals surface area contributed by atoms with E-state index in [-0.39, 0.29) is 6.61 Å². The van der Waals surface area contributed by atoms with Crippen molar-refractivity contribution in [3.05, 3.63) is 70.8 Å². The molecule has 0 aliphatic carbocycles. The minimum atomic E-state index is -0.987. The van der Waals surface area contributed by atoms with Crippen LogP contribution in [0.2, 0.25) is 0 Å². The van der Waals surface area contributed by atoms with Crippen LogP contribution in [-0.2, 0) is 16.1 Å². The minimum Gasteiger partial charge on any atom is -0.459 e. The summed E-state index contributed by atoms with van der Waals surface area (Å²) in [6.07, 6.45) is 2.20. The third-order valence-electron chi connectivity index (χ3n) is 4.44. The number of esters is 1. The van der Waals surface area contributed by atoms with Crippen LogP contribution >= 0.6 is 11.8 Å². The van der Waals surface area contributed by atoms with Crippen molar-refractivity contribution in [2.75, 3.05) is 12.0 Å². The van der Waals surface area contributed by atoms with Crippen molar-refractivity contribution in [3.63, 3.8) is 0 Å². The van der Waals surface area contributed by atoms with Gasteiger partial charge in [0, 0.05) is 0 Å². The molecule has 6 nitrogen and oxygen atoms in total. The van der Waals surface area contributed by atoms with Crippen LogP contribution in [0.5, 0.6) is 0 Å². The smallest absolute Gasteiger partial charge is 0.329 e. The van der Waals surface area contributed by atoms with E-state index in [4.69, 9.17) is 10.00 Å². The maximum Gasteiger partial charge on any atom is 0.329 e. The van der Waals surface area contributed by atoms with Gasteiger partial charge in [0.2, 0.25) is 0 Å². The first kappa shape index (κ1) is 19.6. The highest BCUT2D eigenvalue weighted by Gasteiger charge is 2.43. The number of nitriles is 1. The second-order valence-electron chi connectivity index (χ2n) is 6.24. The van der Waals surface area contributed by atoms with Crippen molar-refractivity contribution >= 4 is 29.5 Å². The van der Waals surface area contributed by atoms with E-state index in [0.717, 1.165) is 4.90 Å². The largest absolute Gasteiger partial charge is 0.459 e. The number of fused-ring (bicyclic) bond motifs is 1. The van der Waals surface area contributed by atoms with E-state index in [9.17, 15) is 14.4 Å². The predicted octanol–water partition coefficient (Wildman–Crippen LogP) is 3.02. The molecule has 1 aliphatic rings. The number of hydrogen-bond acceptors (Lipinski definition) is 6. The van der Waals surface area contributed by atoms with Gasteiger partial charge in [-0.3, -0.25) is 14.5 Å². The van der Waals surface area contributed by atoms with E-state index >= 15 is 0 Å². The lowest BCUT2D eigenvalue weighted by Crippen LogP contribution is -2.46. The molecule has 0 saturated heterocycles. The van der Waals surface area contributed by atoms with Gasteiger partial charge in [0.1, 0.15) is 12.6 Å². The summed E-state index contributed by atoms with van der Waals surface area (Å²) in [5.74, 6) is -0.993. The Morgan fingerprint density at radius 1 is 1.14 bits per heavy atom. The summed E-state index contributed by atoms with van der Waals surface area (Å²) in [7, 11) is 0. The van der Waals surface area contributed by atoms with E-state index in [1.807, 2.05) is 12.3 Å². The molecule has 0 unspecified atom stereocenters. The van der Waals surface area contributed by atoms with Crippen molar-refractivity contribution in [3.8, 4) is 6.07 Å². The molecular formula is C21H18N2O4S. The number of imide groups is 1. The first-order chi connectivity index (χ1) is 13.6.